The van der Waals surface area contributed by atoms with Crippen molar-refractivity contribution >= 4 is 15.9 Å². The minimum atomic E-state index is 0.480. The van der Waals surface area contributed by atoms with Crippen molar-refractivity contribution in [1.29, 1.82) is 0 Å². The van der Waals surface area contributed by atoms with Gasteiger partial charge in [-0.25, -0.2) is 0 Å². The molecule has 1 heterocycles. The Labute approximate surface area is 135 Å². The fourth-order valence-corrected chi connectivity index (χ4v) is 2.44. The number of hydrogen-bond donors (Lipinski definition) is 1. The van der Waals surface area contributed by atoms with Crippen LogP contribution in [0, 0.1) is 0 Å². The van der Waals surface area contributed by atoms with Crippen molar-refractivity contribution < 1.29 is 4.42 Å². The molecule has 0 atom stereocenters. The number of furan rings is 1. The fraction of sp³-hybridized carbons (Fsp3) is 0.412. The molecule has 2 rings (SSSR count). The molecule has 0 spiro atoms. The lowest BCUT2D eigenvalue weighted by Crippen LogP contribution is -2.23. The first-order valence-corrected chi connectivity index (χ1v) is 8.05. The summed E-state index contributed by atoms with van der Waals surface area (Å²) in [5.74, 6) is 1.04. The summed E-state index contributed by atoms with van der Waals surface area (Å²) in [6, 6.07) is 11.0. The summed E-state index contributed by atoms with van der Waals surface area (Å²) in [7, 11) is 2.12. The van der Waals surface area contributed by atoms with E-state index in [-0.39, 0.29) is 0 Å². The number of rotatable bonds is 7. The molecule has 1 aromatic carbocycles. The lowest BCUT2D eigenvalue weighted by atomic mass is 10.2. The molecule has 1 aromatic heterocycles. The van der Waals surface area contributed by atoms with E-state index in [1.54, 1.807) is 6.26 Å². The normalized spacial score (nSPS) is 11.5. The lowest BCUT2D eigenvalue weighted by Gasteiger charge is -2.16. The van der Waals surface area contributed by atoms with Crippen LogP contribution >= 0.6 is 15.9 Å². The Morgan fingerprint density at radius 2 is 1.86 bits per heavy atom. The van der Waals surface area contributed by atoms with Crippen LogP contribution in [0.4, 0.5) is 0 Å². The maximum absolute atomic E-state index is 5.64. The van der Waals surface area contributed by atoms with Crippen molar-refractivity contribution in [2.45, 2.75) is 39.5 Å². The van der Waals surface area contributed by atoms with Crippen LogP contribution in [-0.2, 0) is 19.6 Å². The number of nitrogens with zero attached hydrogens (tertiary/aromatic N) is 1. The first-order valence-electron chi connectivity index (χ1n) is 7.26. The predicted molar refractivity (Wildman–Crippen MR) is 90.0 cm³/mol. The lowest BCUT2D eigenvalue weighted by molar-refractivity contribution is 0.285. The summed E-state index contributed by atoms with van der Waals surface area (Å²) in [6.07, 6.45) is 1.78. The molecular weight excluding hydrogens is 328 g/mol. The molecule has 0 saturated carbocycles. The van der Waals surface area contributed by atoms with Crippen LogP contribution in [-0.4, -0.2) is 18.0 Å². The molecule has 0 radical (unpaired) electrons. The monoisotopic (exact) mass is 350 g/mol. The second-order valence-corrected chi connectivity index (χ2v) is 6.62. The van der Waals surface area contributed by atoms with Crippen LogP contribution in [0.15, 0.2) is 45.5 Å². The standard InChI is InChI=1S/C17H23BrN2O/c1-13(2)19-10-15-8-9-21-17(15)12-20(3)11-14-4-6-16(18)7-5-14/h4-9,13,19H,10-12H2,1-3H3. The quantitative estimate of drug-likeness (QED) is 0.812. The Bertz CT molecular complexity index is 548. The number of hydrogen-bond acceptors (Lipinski definition) is 3. The van der Waals surface area contributed by atoms with Gasteiger partial charge in [-0.3, -0.25) is 4.90 Å². The van der Waals surface area contributed by atoms with Gasteiger partial charge in [-0.2, -0.15) is 0 Å². The highest BCUT2D eigenvalue weighted by Gasteiger charge is 2.10. The van der Waals surface area contributed by atoms with Crippen molar-refractivity contribution in [3.8, 4) is 0 Å². The first-order chi connectivity index (χ1) is 10.0. The van der Waals surface area contributed by atoms with Crippen LogP contribution in [0.3, 0.4) is 0 Å². The minimum absolute atomic E-state index is 0.480. The van der Waals surface area contributed by atoms with Gasteiger partial charge in [0.05, 0.1) is 12.8 Å². The Morgan fingerprint density at radius 1 is 1.14 bits per heavy atom. The highest BCUT2D eigenvalue weighted by atomic mass is 79.9. The molecule has 0 aliphatic rings. The maximum Gasteiger partial charge on any atom is 0.122 e. The van der Waals surface area contributed by atoms with Gasteiger partial charge in [0.25, 0.3) is 0 Å². The van der Waals surface area contributed by atoms with Gasteiger partial charge >= 0.3 is 0 Å². The van der Waals surface area contributed by atoms with Gasteiger partial charge in [0.15, 0.2) is 0 Å². The second-order valence-electron chi connectivity index (χ2n) is 5.70. The SMILES string of the molecule is CC(C)NCc1ccoc1CN(C)Cc1ccc(Br)cc1. The van der Waals surface area contributed by atoms with Gasteiger partial charge in [0.2, 0.25) is 0 Å². The molecule has 2 aromatic rings. The van der Waals surface area contributed by atoms with E-state index in [1.165, 1.54) is 11.1 Å². The van der Waals surface area contributed by atoms with E-state index in [2.05, 4.69) is 77.4 Å². The summed E-state index contributed by atoms with van der Waals surface area (Å²) in [6.45, 7) is 6.89. The van der Waals surface area contributed by atoms with E-state index in [0.29, 0.717) is 6.04 Å². The molecule has 0 unspecified atom stereocenters. The number of halogens is 1. The Morgan fingerprint density at radius 3 is 2.52 bits per heavy atom. The van der Waals surface area contributed by atoms with Crippen LogP contribution in [0.25, 0.3) is 0 Å². The largest absolute Gasteiger partial charge is 0.468 e. The first kappa shape index (κ1) is 16.3. The van der Waals surface area contributed by atoms with Crippen LogP contribution < -0.4 is 5.32 Å². The van der Waals surface area contributed by atoms with E-state index in [0.717, 1.165) is 29.9 Å². The Balaban J connectivity index is 1.91. The molecule has 21 heavy (non-hydrogen) atoms. The third kappa shape index (κ3) is 5.30. The smallest absolute Gasteiger partial charge is 0.122 e. The predicted octanol–water partition coefficient (Wildman–Crippen LogP) is 4.17. The average Bonchev–Trinajstić information content (AvgIpc) is 2.86. The molecule has 0 amide bonds. The zero-order valence-electron chi connectivity index (χ0n) is 12.9. The zero-order valence-corrected chi connectivity index (χ0v) is 14.5. The summed E-state index contributed by atoms with van der Waals surface area (Å²) < 4.78 is 6.75. The molecule has 0 bridgehead atoms. The van der Waals surface area contributed by atoms with Crippen molar-refractivity contribution in [3.05, 3.63) is 58.0 Å². The van der Waals surface area contributed by atoms with Crippen LogP contribution in [0.5, 0.6) is 0 Å². The number of benzene rings is 1. The van der Waals surface area contributed by atoms with E-state index in [9.17, 15) is 0 Å². The molecule has 1 N–H and O–H groups in total. The third-order valence-corrected chi connectivity index (χ3v) is 3.85. The molecule has 3 nitrogen and oxygen atoms in total. The highest BCUT2D eigenvalue weighted by molar-refractivity contribution is 9.10. The minimum Gasteiger partial charge on any atom is -0.468 e. The fourth-order valence-electron chi connectivity index (χ4n) is 2.18. The maximum atomic E-state index is 5.64. The summed E-state index contributed by atoms with van der Waals surface area (Å²) in [5.41, 5.74) is 2.54. The van der Waals surface area contributed by atoms with Gasteiger partial charge in [0, 0.05) is 29.2 Å². The summed E-state index contributed by atoms with van der Waals surface area (Å²) >= 11 is 3.46. The average molecular weight is 351 g/mol. The molecule has 4 heteroatoms. The van der Waals surface area contributed by atoms with Crippen molar-refractivity contribution in [3.63, 3.8) is 0 Å². The van der Waals surface area contributed by atoms with E-state index in [1.807, 2.05) is 0 Å². The summed E-state index contributed by atoms with van der Waals surface area (Å²) in [4.78, 5) is 2.26. The summed E-state index contributed by atoms with van der Waals surface area (Å²) in [5, 5.41) is 3.43. The Kier molecular flexibility index (Phi) is 6.03. The van der Waals surface area contributed by atoms with Gasteiger partial charge in [0.1, 0.15) is 5.76 Å². The molecule has 0 aliphatic carbocycles. The number of nitrogens with one attached hydrogen (secondary N) is 1. The molecular formula is C17H23BrN2O. The topological polar surface area (TPSA) is 28.4 Å². The molecule has 0 fully saturated rings. The zero-order chi connectivity index (χ0) is 15.2. The van der Waals surface area contributed by atoms with Crippen molar-refractivity contribution in [2.75, 3.05) is 7.05 Å². The van der Waals surface area contributed by atoms with E-state index >= 15 is 0 Å². The van der Waals surface area contributed by atoms with Gasteiger partial charge in [-0.05, 0) is 30.8 Å². The third-order valence-electron chi connectivity index (χ3n) is 3.32. The van der Waals surface area contributed by atoms with E-state index < -0.39 is 0 Å². The van der Waals surface area contributed by atoms with Crippen LogP contribution in [0.1, 0.15) is 30.7 Å². The van der Waals surface area contributed by atoms with Gasteiger partial charge in [-0.15, -0.1) is 0 Å². The van der Waals surface area contributed by atoms with Crippen molar-refractivity contribution in [1.82, 2.24) is 10.2 Å². The van der Waals surface area contributed by atoms with E-state index in [4.69, 9.17) is 4.42 Å². The van der Waals surface area contributed by atoms with Gasteiger partial charge in [-0.1, -0.05) is 41.9 Å². The molecule has 0 saturated heterocycles. The molecule has 0 aliphatic heterocycles. The van der Waals surface area contributed by atoms with Crippen LogP contribution in [0.2, 0.25) is 0 Å². The van der Waals surface area contributed by atoms with Crippen molar-refractivity contribution in [2.24, 2.45) is 0 Å². The Hall–Kier alpha value is -1.10. The molecule has 114 valence electrons. The highest BCUT2D eigenvalue weighted by Crippen LogP contribution is 2.16. The van der Waals surface area contributed by atoms with Gasteiger partial charge < -0.3 is 9.73 Å². The second kappa shape index (κ2) is 7.78.